The molecule has 2 aromatic rings. The number of carbonyl (C=O) groups excluding carboxylic acids is 1. The monoisotopic (exact) mass is 261 g/mol. The predicted octanol–water partition coefficient (Wildman–Crippen LogP) is 2.04. The molecule has 0 aliphatic heterocycles. The lowest BCUT2D eigenvalue weighted by Gasteiger charge is -2.07. The fourth-order valence-electron chi connectivity index (χ4n) is 2.01. The van der Waals surface area contributed by atoms with Crippen LogP contribution in [0.4, 0.5) is 0 Å². The van der Waals surface area contributed by atoms with E-state index in [1.807, 2.05) is 35.1 Å². The summed E-state index contributed by atoms with van der Waals surface area (Å²) in [6.07, 6.45) is 4.22. The van der Waals surface area contributed by atoms with Gasteiger partial charge in [0.05, 0.1) is 11.0 Å². The second-order valence-electron chi connectivity index (χ2n) is 4.52. The Labute approximate surface area is 110 Å². The molecule has 1 aliphatic carbocycles. The number of para-hydroxylation sites is 2. The number of nitrogens with zero attached hydrogens (tertiary/aromatic N) is 2. The Bertz CT molecular complexity index is 589. The molecular weight excluding hydrogens is 246 g/mol. The molecule has 4 nitrogen and oxygen atoms in total. The minimum Gasteiger partial charge on any atom is -0.352 e. The van der Waals surface area contributed by atoms with Gasteiger partial charge < -0.3 is 9.88 Å². The lowest BCUT2D eigenvalue weighted by atomic mass is 10.3. The second-order valence-corrected chi connectivity index (χ2v) is 5.29. The summed E-state index contributed by atoms with van der Waals surface area (Å²) in [6.45, 7) is 0.354. The minimum absolute atomic E-state index is 0.0796. The molecule has 0 unspecified atom stereocenters. The molecule has 0 bridgehead atoms. The highest BCUT2D eigenvalue weighted by Crippen LogP contribution is 2.23. The number of nitrogens with one attached hydrogen (secondary N) is 1. The third-order valence-electron chi connectivity index (χ3n) is 3.05. The maximum absolute atomic E-state index is 11.9. The number of aromatic nitrogens is 2. The van der Waals surface area contributed by atoms with Gasteiger partial charge in [-0.3, -0.25) is 4.79 Å². The van der Waals surface area contributed by atoms with Crippen LogP contribution in [-0.4, -0.2) is 27.8 Å². The van der Waals surface area contributed by atoms with Crippen LogP contribution in [0.3, 0.4) is 0 Å². The number of hydrogen-bond acceptors (Lipinski definition) is 3. The maximum Gasteiger partial charge on any atom is 0.240 e. The van der Waals surface area contributed by atoms with E-state index in [4.69, 9.17) is 0 Å². The smallest absolute Gasteiger partial charge is 0.240 e. The van der Waals surface area contributed by atoms with Crippen molar-refractivity contribution in [2.75, 3.05) is 6.26 Å². The first kappa shape index (κ1) is 11.6. The summed E-state index contributed by atoms with van der Waals surface area (Å²) in [7, 11) is 0. The first-order chi connectivity index (χ1) is 8.78. The van der Waals surface area contributed by atoms with Crippen LogP contribution in [0.5, 0.6) is 0 Å². The van der Waals surface area contributed by atoms with E-state index in [1.165, 1.54) is 0 Å². The molecule has 1 amide bonds. The van der Waals surface area contributed by atoms with Gasteiger partial charge in [0.2, 0.25) is 5.91 Å². The zero-order valence-electron chi connectivity index (χ0n) is 10.2. The highest BCUT2D eigenvalue weighted by atomic mass is 32.2. The van der Waals surface area contributed by atoms with Gasteiger partial charge in [0.1, 0.15) is 6.54 Å². The summed E-state index contributed by atoms with van der Waals surface area (Å²) < 4.78 is 1.98. The van der Waals surface area contributed by atoms with E-state index in [0.717, 1.165) is 29.0 Å². The number of thioether (sulfide) groups is 1. The van der Waals surface area contributed by atoms with Crippen LogP contribution in [-0.2, 0) is 11.3 Å². The van der Waals surface area contributed by atoms with E-state index in [-0.39, 0.29) is 5.91 Å². The van der Waals surface area contributed by atoms with E-state index >= 15 is 0 Å². The average Bonchev–Trinajstić information content (AvgIpc) is 3.11. The van der Waals surface area contributed by atoms with Gasteiger partial charge in [-0.1, -0.05) is 23.9 Å². The molecule has 0 radical (unpaired) electrons. The van der Waals surface area contributed by atoms with Crippen LogP contribution < -0.4 is 5.32 Å². The fourth-order valence-corrected chi connectivity index (χ4v) is 2.58. The summed E-state index contributed by atoms with van der Waals surface area (Å²) in [6, 6.07) is 8.33. The highest BCUT2D eigenvalue weighted by molar-refractivity contribution is 7.98. The largest absolute Gasteiger partial charge is 0.352 e. The molecule has 0 atom stereocenters. The maximum atomic E-state index is 11.9. The first-order valence-electron chi connectivity index (χ1n) is 6.06. The molecule has 1 aliphatic rings. The van der Waals surface area contributed by atoms with Crippen LogP contribution in [0.2, 0.25) is 0 Å². The minimum atomic E-state index is 0.0796. The van der Waals surface area contributed by atoms with Gasteiger partial charge in [-0.05, 0) is 31.2 Å². The van der Waals surface area contributed by atoms with Crippen LogP contribution in [0.25, 0.3) is 11.0 Å². The highest BCUT2D eigenvalue weighted by Gasteiger charge is 2.23. The molecular formula is C13H15N3OS. The van der Waals surface area contributed by atoms with Gasteiger partial charge in [0.15, 0.2) is 5.16 Å². The lowest BCUT2D eigenvalue weighted by molar-refractivity contribution is -0.121. The number of benzene rings is 1. The van der Waals surface area contributed by atoms with Gasteiger partial charge in [-0.2, -0.15) is 0 Å². The Morgan fingerprint density at radius 1 is 1.50 bits per heavy atom. The van der Waals surface area contributed by atoms with Crippen molar-refractivity contribution in [1.82, 2.24) is 14.9 Å². The van der Waals surface area contributed by atoms with Crippen molar-refractivity contribution < 1.29 is 4.79 Å². The van der Waals surface area contributed by atoms with Crippen LogP contribution >= 0.6 is 11.8 Å². The van der Waals surface area contributed by atoms with Crippen molar-refractivity contribution in [2.24, 2.45) is 0 Å². The molecule has 18 heavy (non-hydrogen) atoms. The Morgan fingerprint density at radius 3 is 3.00 bits per heavy atom. The van der Waals surface area contributed by atoms with Crippen LogP contribution in [0, 0.1) is 0 Å². The van der Waals surface area contributed by atoms with Crippen LogP contribution in [0.1, 0.15) is 12.8 Å². The second kappa shape index (κ2) is 4.65. The summed E-state index contributed by atoms with van der Waals surface area (Å²) in [5.41, 5.74) is 1.97. The average molecular weight is 261 g/mol. The number of amides is 1. The molecule has 0 saturated heterocycles. The Kier molecular flexibility index (Phi) is 2.99. The summed E-state index contributed by atoms with van der Waals surface area (Å²) >= 11 is 1.57. The summed E-state index contributed by atoms with van der Waals surface area (Å²) in [4.78, 5) is 16.4. The van der Waals surface area contributed by atoms with Crippen molar-refractivity contribution in [3.05, 3.63) is 24.3 Å². The van der Waals surface area contributed by atoms with E-state index in [1.54, 1.807) is 11.8 Å². The molecule has 5 heteroatoms. The van der Waals surface area contributed by atoms with E-state index < -0.39 is 0 Å². The first-order valence-corrected chi connectivity index (χ1v) is 7.29. The van der Waals surface area contributed by atoms with E-state index in [9.17, 15) is 4.79 Å². The summed E-state index contributed by atoms with van der Waals surface area (Å²) in [5.74, 6) is 0.0796. The lowest BCUT2D eigenvalue weighted by Crippen LogP contribution is -2.29. The van der Waals surface area contributed by atoms with E-state index in [0.29, 0.717) is 12.6 Å². The molecule has 1 fully saturated rings. The predicted molar refractivity (Wildman–Crippen MR) is 72.7 cm³/mol. The number of imidazole rings is 1. The van der Waals surface area contributed by atoms with Crippen molar-refractivity contribution in [3.8, 4) is 0 Å². The molecule has 94 valence electrons. The Hall–Kier alpha value is -1.49. The van der Waals surface area contributed by atoms with Gasteiger partial charge >= 0.3 is 0 Å². The SMILES string of the molecule is CSc1nc2ccccc2n1CC(=O)NC1CC1. The number of rotatable bonds is 4. The van der Waals surface area contributed by atoms with Crippen molar-refractivity contribution in [3.63, 3.8) is 0 Å². The third-order valence-corrected chi connectivity index (χ3v) is 3.72. The zero-order valence-corrected chi connectivity index (χ0v) is 11.0. The van der Waals surface area contributed by atoms with Gasteiger partial charge in [0.25, 0.3) is 0 Å². The number of hydrogen-bond donors (Lipinski definition) is 1. The number of fused-ring (bicyclic) bond motifs is 1. The molecule has 1 heterocycles. The molecule has 1 N–H and O–H groups in total. The molecule has 1 saturated carbocycles. The molecule has 0 spiro atoms. The normalized spacial score (nSPS) is 14.9. The standard InChI is InChI=1S/C13H15N3OS/c1-18-13-15-10-4-2-3-5-11(10)16(13)8-12(17)14-9-6-7-9/h2-5,9H,6-8H2,1H3,(H,14,17). The fraction of sp³-hybridized carbons (Fsp3) is 0.385. The number of carbonyl (C=O) groups is 1. The quantitative estimate of drug-likeness (QED) is 0.857. The zero-order chi connectivity index (χ0) is 12.5. The molecule has 1 aromatic heterocycles. The summed E-state index contributed by atoms with van der Waals surface area (Å²) in [5, 5.41) is 3.90. The van der Waals surface area contributed by atoms with Crippen molar-refractivity contribution in [2.45, 2.75) is 30.6 Å². The van der Waals surface area contributed by atoms with Gasteiger partial charge in [-0.25, -0.2) is 4.98 Å². The van der Waals surface area contributed by atoms with Gasteiger partial charge in [-0.15, -0.1) is 0 Å². The molecule has 3 rings (SSSR count). The van der Waals surface area contributed by atoms with Crippen LogP contribution in [0.15, 0.2) is 29.4 Å². The van der Waals surface area contributed by atoms with E-state index in [2.05, 4.69) is 10.3 Å². The van der Waals surface area contributed by atoms with Gasteiger partial charge in [0, 0.05) is 6.04 Å². The Morgan fingerprint density at radius 2 is 2.28 bits per heavy atom. The third kappa shape index (κ3) is 2.22. The Balaban J connectivity index is 1.90. The van der Waals surface area contributed by atoms with Crippen molar-refractivity contribution >= 4 is 28.7 Å². The van der Waals surface area contributed by atoms with Crippen molar-refractivity contribution in [1.29, 1.82) is 0 Å². The topological polar surface area (TPSA) is 46.9 Å². The molecule has 1 aromatic carbocycles.